The van der Waals surface area contributed by atoms with Crippen LogP contribution in [0.2, 0.25) is 0 Å². The minimum atomic E-state index is 0.635. The third-order valence-electron chi connectivity index (χ3n) is 4.83. The molecule has 1 N–H and O–H groups in total. The van der Waals surface area contributed by atoms with Crippen LogP contribution in [0.4, 0.5) is 0 Å². The Morgan fingerprint density at radius 1 is 1.17 bits per heavy atom. The number of unbranched alkanes of at least 4 members (excludes halogenated alkanes) is 1. The number of nitrogens with zero attached hydrogens (tertiary/aromatic N) is 1. The van der Waals surface area contributed by atoms with E-state index in [4.69, 9.17) is 0 Å². The van der Waals surface area contributed by atoms with Crippen LogP contribution in [0.25, 0.3) is 0 Å². The van der Waals surface area contributed by atoms with Crippen molar-refractivity contribution in [3.8, 4) is 0 Å². The molecule has 1 heterocycles. The second-order valence-electron chi connectivity index (χ2n) is 6.46. The number of piperidine rings is 1. The molecule has 2 nitrogen and oxygen atoms in total. The number of likely N-dealkylation sites (tertiary alicyclic amines) is 1. The van der Waals surface area contributed by atoms with Gasteiger partial charge in [0.05, 0.1) is 0 Å². The second kappa shape index (κ2) is 8.16. The van der Waals surface area contributed by atoms with Gasteiger partial charge < -0.3 is 10.2 Å². The summed E-state index contributed by atoms with van der Waals surface area (Å²) in [7, 11) is 0. The highest BCUT2D eigenvalue weighted by molar-refractivity contribution is 4.81. The molecular weight excluding hydrogens is 220 g/mol. The number of hydrogen-bond donors (Lipinski definition) is 1. The highest BCUT2D eigenvalue weighted by Gasteiger charge is 2.27. The van der Waals surface area contributed by atoms with Gasteiger partial charge in [-0.05, 0) is 64.2 Å². The van der Waals surface area contributed by atoms with Crippen molar-refractivity contribution in [2.75, 3.05) is 26.2 Å². The topological polar surface area (TPSA) is 15.3 Å². The maximum absolute atomic E-state index is 3.49. The van der Waals surface area contributed by atoms with Crippen molar-refractivity contribution in [1.82, 2.24) is 10.2 Å². The zero-order valence-electron chi connectivity index (χ0n) is 13.1. The summed E-state index contributed by atoms with van der Waals surface area (Å²) >= 11 is 0. The third kappa shape index (κ3) is 5.71. The Balaban J connectivity index is 2.04. The molecule has 0 radical (unpaired) electrons. The van der Waals surface area contributed by atoms with Gasteiger partial charge in [-0.3, -0.25) is 0 Å². The summed E-state index contributed by atoms with van der Waals surface area (Å²) in [6.07, 6.45) is 8.22. The van der Waals surface area contributed by atoms with Gasteiger partial charge >= 0.3 is 0 Å². The minimum absolute atomic E-state index is 0.635. The van der Waals surface area contributed by atoms with E-state index in [0.717, 1.165) is 6.54 Å². The van der Waals surface area contributed by atoms with Crippen molar-refractivity contribution < 1.29 is 0 Å². The van der Waals surface area contributed by atoms with E-state index in [1.807, 2.05) is 0 Å². The van der Waals surface area contributed by atoms with Crippen LogP contribution in [-0.4, -0.2) is 37.1 Å². The number of nitrogens with one attached hydrogen (secondary N) is 1. The van der Waals surface area contributed by atoms with Crippen molar-refractivity contribution >= 4 is 0 Å². The first-order valence-corrected chi connectivity index (χ1v) is 8.05. The fourth-order valence-electron chi connectivity index (χ4n) is 2.91. The van der Waals surface area contributed by atoms with Gasteiger partial charge in [-0.2, -0.15) is 0 Å². The highest BCUT2D eigenvalue weighted by Crippen LogP contribution is 2.33. The van der Waals surface area contributed by atoms with Crippen LogP contribution in [0.3, 0.4) is 0 Å². The number of hydrogen-bond acceptors (Lipinski definition) is 2. The van der Waals surface area contributed by atoms with Crippen LogP contribution in [0.15, 0.2) is 0 Å². The molecule has 0 aromatic carbocycles. The van der Waals surface area contributed by atoms with E-state index in [1.165, 1.54) is 58.2 Å². The molecule has 1 saturated heterocycles. The SMILES string of the molecule is CCNC(C)CCCCN1CCC(C)(CC)CC1. The second-order valence-corrected chi connectivity index (χ2v) is 6.46. The van der Waals surface area contributed by atoms with Crippen LogP contribution < -0.4 is 5.32 Å². The van der Waals surface area contributed by atoms with Gasteiger partial charge in [0.1, 0.15) is 0 Å². The molecule has 1 aliphatic heterocycles. The summed E-state index contributed by atoms with van der Waals surface area (Å²) in [5, 5.41) is 3.49. The van der Waals surface area contributed by atoms with Crippen molar-refractivity contribution in [2.45, 2.75) is 72.3 Å². The molecule has 0 aromatic rings. The summed E-state index contributed by atoms with van der Waals surface area (Å²) in [6.45, 7) is 14.4. The molecule has 1 rings (SSSR count). The van der Waals surface area contributed by atoms with Gasteiger partial charge in [0.25, 0.3) is 0 Å². The average Bonchev–Trinajstić information content (AvgIpc) is 2.37. The molecule has 1 fully saturated rings. The van der Waals surface area contributed by atoms with Crippen molar-refractivity contribution in [3.05, 3.63) is 0 Å². The molecule has 2 heteroatoms. The molecule has 0 spiro atoms. The molecule has 1 atom stereocenters. The van der Waals surface area contributed by atoms with Gasteiger partial charge in [0, 0.05) is 6.04 Å². The minimum Gasteiger partial charge on any atom is -0.315 e. The molecule has 0 bridgehead atoms. The zero-order valence-corrected chi connectivity index (χ0v) is 13.1. The fraction of sp³-hybridized carbons (Fsp3) is 1.00. The lowest BCUT2D eigenvalue weighted by Gasteiger charge is -2.39. The first-order valence-electron chi connectivity index (χ1n) is 8.05. The van der Waals surface area contributed by atoms with Crippen LogP contribution in [0.5, 0.6) is 0 Å². The number of rotatable bonds is 8. The smallest absolute Gasteiger partial charge is 0.00386 e. The van der Waals surface area contributed by atoms with E-state index in [9.17, 15) is 0 Å². The molecule has 108 valence electrons. The fourth-order valence-corrected chi connectivity index (χ4v) is 2.91. The Hall–Kier alpha value is -0.0800. The molecule has 0 aromatic heterocycles. The Labute approximate surface area is 115 Å². The predicted octanol–water partition coefficient (Wildman–Crippen LogP) is 3.67. The van der Waals surface area contributed by atoms with E-state index < -0.39 is 0 Å². The van der Waals surface area contributed by atoms with E-state index >= 15 is 0 Å². The molecule has 18 heavy (non-hydrogen) atoms. The normalized spacial score (nSPS) is 22.0. The summed E-state index contributed by atoms with van der Waals surface area (Å²) in [5.41, 5.74) is 0.635. The van der Waals surface area contributed by atoms with E-state index in [1.54, 1.807) is 0 Å². The molecular formula is C16H34N2. The Morgan fingerprint density at radius 2 is 1.83 bits per heavy atom. The summed E-state index contributed by atoms with van der Waals surface area (Å²) in [4.78, 5) is 2.68. The zero-order chi connectivity index (χ0) is 13.4. The standard InChI is InChI=1S/C16H34N2/c1-5-16(4)10-13-18(14-11-16)12-8-7-9-15(3)17-6-2/h15,17H,5-14H2,1-4H3. The lowest BCUT2D eigenvalue weighted by atomic mass is 9.78. The first kappa shape index (κ1) is 16.0. The summed E-state index contributed by atoms with van der Waals surface area (Å²) < 4.78 is 0. The monoisotopic (exact) mass is 254 g/mol. The quantitative estimate of drug-likeness (QED) is 0.665. The molecule has 1 unspecified atom stereocenters. The van der Waals surface area contributed by atoms with Crippen molar-refractivity contribution in [1.29, 1.82) is 0 Å². The molecule has 0 amide bonds. The lowest BCUT2D eigenvalue weighted by Crippen LogP contribution is -2.38. The van der Waals surface area contributed by atoms with Crippen LogP contribution in [0, 0.1) is 5.41 Å². The predicted molar refractivity (Wildman–Crippen MR) is 81.1 cm³/mol. The van der Waals surface area contributed by atoms with Gasteiger partial charge in [0.2, 0.25) is 0 Å². The van der Waals surface area contributed by atoms with Crippen LogP contribution >= 0.6 is 0 Å². The van der Waals surface area contributed by atoms with E-state index in [-0.39, 0.29) is 0 Å². The average molecular weight is 254 g/mol. The maximum atomic E-state index is 3.49. The van der Waals surface area contributed by atoms with Crippen LogP contribution in [-0.2, 0) is 0 Å². The largest absolute Gasteiger partial charge is 0.315 e. The van der Waals surface area contributed by atoms with Gasteiger partial charge in [-0.25, -0.2) is 0 Å². The van der Waals surface area contributed by atoms with E-state index in [0.29, 0.717) is 11.5 Å². The molecule has 1 aliphatic rings. The van der Waals surface area contributed by atoms with Gasteiger partial charge in [-0.15, -0.1) is 0 Å². The molecule has 0 saturated carbocycles. The summed E-state index contributed by atoms with van der Waals surface area (Å²) in [5.74, 6) is 0. The van der Waals surface area contributed by atoms with E-state index in [2.05, 4.69) is 37.9 Å². The van der Waals surface area contributed by atoms with Crippen molar-refractivity contribution in [2.24, 2.45) is 5.41 Å². The molecule has 0 aliphatic carbocycles. The Morgan fingerprint density at radius 3 is 2.39 bits per heavy atom. The Bertz CT molecular complexity index is 207. The van der Waals surface area contributed by atoms with Crippen LogP contribution in [0.1, 0.15) is 66.2 Å². The first-order chi connectivity index (χ1) is 8.59. The van der Waals surface area contributed by atoms with Gasteiger partial charge in [0.15, 0.2) is 0 Å². The summed E-state index contributed by atoms with van der Waals surface area (Å²) in [6, 6.07) is 0.694. The van der Waals surface area contributed by atoms with Crippen molar-refractivity contribution in [3.63, 3.8) is 0 Å². The highest BCUT2D eigenvalue weighted by atomic mass is 15.1. The van der Waals surface area contributed by atoms with Gasteiger partial charge in [-0.1, -0.05) is 33.6 Å². The maximum Gasteiger partial charge on any atom is 0.00386 e. The third-order valence-corrected chi connectivity index (χ3v) is 4.83. The lowest BCUT2D eigenvalue weighted by molar-refractivity contribution is 0.113. The Kier molecular flexibility index (Phi) is 7.25.